The summed E-state index contributed by atoms with van der Waals surface area (Å²) in [6, 6.07) is 13.8. The van der Waals surface area contributed by atoms with E-state index in [1.807, 2.05) is 38.1 Å². The summed E-state index contributed by atoms with van der Waals surface area (Å²) in [5.41, 5.74) is 4.47. The fraction of sp³-hybridized carbons (Fsp3) is 0.364. The number of ether oxygens (including phenoxy) is 1. The summed E-state index contributed by atoms with van der Waals surface area (Å²) in [4.78, 5) is 19.2. The minimum absolute atomic E-state index is 0.00388. The van der Waals surface area contributed by atoms with E-state index in [0.717, 1.165) is 16.7 Å². The molecular formula is C22H26N2O2S. The Morgan fingerprint density at radius 1 is 1.19 bits per heavy atom. The Balaban J connectivity index is 1.66. The second-order valence-electron chi connectivity index (χ2n) is 7.03. The van der Waals surface area contributed by atoms with Crippen LogP contribution in [0.1, 0.15) is 40.9 Å². The maximum Gasteiger partial charge on any atom is 0.259 e. The van der Waals surface area contributed by atoms with Crippen LogP contribution in [0, 0.1) is 13.8 Å². The topological polar surface area (TPSA) is 41.9 Å². The molecule has 0 bridgehead atoms. The summed E-state index contributed by atoms with van der Waals surface area (Å²) in [7, 11) is 0. The molecule has 0 atom stereocenters. The van der Waals surface area contributed by atoms with Crippen molar-refractivity contribution in [2.45, 2.75) is 39.6 Å². The van der Waals surface area contributed by atoms with Crippen LogP contribution in [0.5, 0.6) is 5.75 Å². The van der Waals surface area contributed by atoms with Gasteiger partial charge in [-0.2, -0.15) is 0 Å². The van der Waals surface area contributed by atoms with Crippen LogP contribution in [0.4, 0.5) is 0 Å². The van der Waals surface area contributed by atoms with Crippen molar-refractivity contribution in [2.24, 2.45) is 4.99 Å². The summed E-state index contributed by atoms with van der Waals surface area (Å²) in [6.07, 6.45) is 0.116. The number of nitrogens with zero attached hydrogens (tertiary/aromatic N) is 2. The van der Waals surface area contributed by atoms with Crippen molar-refractivity contribution in [2.75, 3.05) is 13.1 Å². The van der Waals surface area contributed by atoms with Crippen LogP contribution < -0.4 is 4.74 Å². The first-order valence-corrected chi connectivity index (χ1v) is 10.2. The number of thioether (sulfide) groups is 1. The number of rotatable bonds is 5. The highest BCUT2D eigenvalue weighted by molar-refractivity contribution is 8.13. The molecule has 0 unspecified atom stereocenters. The highest BCUT2D eigenvalue weighted by Gasteiger charge is 2.25. The Morgan fingerprint density at radius 3 is 2.63 bits per heavy atom. The summed E-state index contributed by atoms with van der Waals surface area (Å²) < 4.78 is 5.65. The number of aryl methyl sites for hydroxylation is 2. The van der Waals surface area contributed by atoms with E-state index in [1.165, 1.54) is 16.7 Å². The molecule has 0 radical (unpaired) electrons. The zero-order valence-corrected chi connectivity index (χ0v) is 17.2. The summed E-state index contributed by atoms with van der Waals surface area (Å²) in [5.74, 6) is 1.59. The van der Waals surface area contributed by atoms with E-state index in [1.54, 1.807) is 16.7 Å². The molecule has 0 spiro atoms. The van der Waals surface area contributed by atoms with Crippen molar-refractivity contribution in [1.29, 1.82) is 0 Å². The van der Waals surface area contributed by atoms with E-state index >= 15 is 0 Å². The first-order chi connectivity index (χ1) is 12.9. The predicted molar refractivity (Wildman–Crippen MR) is 113 cm³/mol. The van der Waals surface area contributed by atoms with Gasteiger partial charge in [0.05, 0.1) is 12.6 Å². The van der Waals surface area contributed by atoms with Gasteiger partial charge in [0.1, 0.15) is 5.75 Å². The fourth-order valence-electron chi connectivity index (χ4n) is 2.94. The normalized spacial score (nSPS) is 13.8. The van der Waals surface area contributed by atoms with Crippen LogP contribution in [0.25, 0.3) is 0 Å². The minimum atomic E-state index is -0.00388. The predicted octanol–water partition coefficient (Wildman–Crippen LogP) is 4.84. The van der Waals surface area contributed by atoms with Gasteiger partial charge in [0.25, 0.3) is 5.91 Å². The van der Waals surface area contributed by atoms with Gasteiger partial charge in [0.15, 0.2) is 5.17 Å². The van der Waals surface area contributed by atoms with Gasteiger partial charge in [-0.15, -0.1) is 0 Å². The number of hydrogen-bond acceptors (Lipinski definition) is 4. The average Bonchev–Trinajstić information content (AvgIpc) is 3.10. The van der Waals surface area contributed by atoms with Gasteiger partial charge in [-0.3, -0.25) is 14.7 Å². The van der Waals surface area contributed by atoms with Crippen molar-refractivity contribution in [3.8, 4) is 5.75 Å². The molecule has 2 aromatic carbocycles. The van der Waals surface area contributed by atoms with Gasteiger partial charge in [0, 0.05) is 17.9 Å². The number of benzene rings is 2. The van der Waals surface area contributed by atoms with Gasteiger partial charge < -0.3 is 4.74 Å². The second kappa shape index (κ2) is 8.61. The molecule has 142 valence electrons. The molecule has 27 heavy (non-hydrogen) atoms. The highest BCUT2D eigenvalue weighted by atomic mass is 32.2. The number of hydrogen-bond donors (Lipinski definition) is 0. The lowest BCUT2D eigenvalue weighted by molar-refractivity contribution is 0.0860. The van der Waals surface area contributed by atoms with Crippen molar-refractivity contribution in [1.82, 2.24) is 4.90 Å². The maximum absolute atomic E-state index is 12.9. The molecule has 0 aliphatic carbocycles. The molecular weight excluding hydrogens is 356 g/mol. The Morgan fingerprint density at radius 2 is 1.93 bits per heavy atom. The molecule has 1 amide bonds. The Bertz CT molecular complexity index is 844. The van der Waals surface area contributed by atoms with E-state index in [0.29, 0.717) is 18.7 Å². The van der Waals surface area contributed by atoms with Crippen LogP contribution in [-0.4, -0.2) is 35.2 Å². The lowest BCUT2D eigenvalue weighted by Gasteiger charge is -2.18. The molecule has 1 aliphatic heterocycles. The van der Waals surface area contributed by atoms with E-state index < -0.39 is 0 Å². The second-order valence-corrected chi connectivity index (χ2v) is 7.97. The molecule has 2 aromatic rings. The molecule has 4 nitrogen and oxygen atoms in total. The first kappa shape index (κ1) is 19.5. The highest BCUT2D eigenvalue weighted by Crippen LogP contribution is 2.24. The third-order valence-corrected chi connectivity index (χ3v) is 5.44. The number of carbonyl (C=O) groups excluding carboxylic acids is 1. The molecule has 1 aliphatic rings. The van der Waals surface area contributed by atoms with E-state index in [-0.39, 0.29) is 12.0 Å². The van der Waals surface area contributed by atoms with Gasteiger partial charge >= 0.3 is 0 Å². The first-order valence-electron chi connectivity index (χ1n) is 9.26. The van der Waals surface area contributed by atoms with E-state index in [2.05, 4.69) is 37.0 Å². The largest absolute Gasteiger partial charge is 0.491 e. The smallest absolute Gasteiger partial charge is 0.259 e. The molecule has 3 rings (SSSR count). The standard InChI is InChI=1S/C22H26N2O2S/c1-15(2)26-20-9-7-18(8-10-20)21(25)24-12-11-23-22(24)27-14-19-13-16(3)5-6-17(19)4/h5-10,13,15H,11-12,14H2,1-4H3. The number of aliphatic imine (C=N–C) groups is 1. The third-order valence-electron chi connectivity index (χ3n) is 4.38. The lowest BCUT2D eigenvalue weighted by atomic mass is 10.1. The summed E-state index contributed by atoms with van der Waals surface area (Å²) in [6.45, 7) is 9.49. The molecule has 0 N–H and O–H groups in total. The van der Waals surface area contributed by atoms with Crippen molar-refractivity contribution >= 4 is 22.8 Å². The molecule has 0 fully saturated rings. The van der Waals surface area contributed by atoms with Crippen molar-refractivity contribution in [3.63, 3.8) is 0 Å². The SMILES string of the molecule is Cc1ccc(C)c(CSC2=NCCN2C(=O)c2ccc(OC(C)C)cc2)c1. The van der Waals surface area contributed by atoms with Crippen LogP contribution in [-0.2, 0) is 5.75 Å². The Labute approximate surface area is 165 Å². The molecule has 5 heteroatoms. The van der Waals surface area contributed by atoms with Gasteiger partial charge in [-0.05, 0) is 63.1 Å². The van der Waals surface area contributed by atoms with Crippen molar-refractivity contribution < 1.29 is 9.53 Å². The lowest BCUT2D eigenvalue weighted by Crippen LogP contribution is -2.32. The van der Waals surface area contributed by atoms with Crippen LogP contribution in [0.2, 0.25) is 0 Å². The zero-order valence-electron chi connectivity index (χ0n) is 16.4. The van der Waals surface area contributed by atoms with Gasteiger partial charge in [-0.25, -0.2) is 0 Å². The Hall–Kier alpha value is -2.27. The monoisotopic (exact) mass is 382 g/mol. The average molecular weight is 383 g/mol. The third kappa shape index (κ3) is 4.92. The molecule has 0 saturated carbocycles. The summed E-state index contributed by atoms with van der Waals surface area (Å²) >= 11 is 1.63. The zero-order chi connectivity index (χ0) is 19.4. The van der Waals surface area contributed by atoms with E-state index in [9.17, 15) is 4.79 Å². The van der Waals surface area contributed by atoms with Crippen LogP contribution >= 0.6 is 11.8 Å². The number of carbonyl (C=O) groups is 1. The molecule has 0 aromatic heterocycles. The van der Waals surface area contributed by atoms with Gasteiger partial charge in [0.2, 0.25) is 0 Å². The number of amides is 1. The minimum Gasteiger partial charge on any atom is -0.491 e. The molecule has 0 saturated heterocycles. The van der Waals surface area contributed by atoms with Crippen LogP contribution in [0.15, 0.2) is 47.5 Å². The van der Waals surface area contributed by atoms with Gasteiger partial charge in [-0.1, -0.05) is 35.5 Å². The van der Waals surface area contributed by atoms with Crippen LogP contribution in [0.3, 0.4) is 0 Å². The maximum atomic E-state index is 12.9. The number of amidine groups is 1. The quantitative estimate of drug-likeness (QED) is 0.743. The summed E-state index contributed by atoms with van der Waals surface area (Å²) in [5, 5.41) is 0.809. The molecule has 1 heterocycles. The van der Waals surface area contributed by atoms with E-state index in [4.69, 9.17) is 4.74 Å². The Kier molecular flexibility index (Phi) is 6.22. The fourth-order valence-corrected chi connectivity index (χ4v) is 4.05. The van der Waals surface area contributed by atoms with Crippen molar-refractivity contribution in [3.05, 3.63) is 64.7 Å².